The molecule has 138 valence electrons. The molecule has 2 heterocycles. The van der Waals surface area contributed by atoms with Crippen molar-refractivity contribution in [1.82, 2.24) is 4.98 Å². The summed E-state index contributed by atoms with van der Waals surface area (Å²) in [6, 6.07) is 7.74. The molecule has 1 amide bonds. The first-order valence-corrected chi connectivity index (χ1v) is 9.06. The number of halogens is 1. The summed E-state index contributed by atoms with van der Waals surface area (Å²) in [6.07, 6.45) is 3.41. The number of amides is 1. The molecule has 0 radical (unpaired) electrons. The molecular formula is C20H14FN5OS. The molecule has 0 unspecified atom stereocenters. The molecule has 0 N–H and O–H groups in total. The van der Waals surface area contributed by atoms with Crippen molar-refractivity contribution >= 4 is 40.4 Å². The molecule has 8 heteroatoms. The van der Waals surface area contributed by atoms with Crippen LogP contribution in [0.25, 0.3) is 4.85 Å². The summed E-state index contributed by atoms with van der Waals surface area (Å²) in [5, 5.41) is 9.16. The van der Waals surface area contributed by atoms with Gasteiger partial charge in [-0.15, -0.1) is 4.98 Å². The molecule has 1 aliphatic heterocycles. The van der Waals surface area contributed by atoms with E-state index in [-0.39, 0.29) is 28.1 Å². The quantitative estimate of drug-likeness (QED) is 0.572. The number of aryl methyl sites for hydroxylation is 1. The van der Waals surface area contributed by atoms with Gasteiger partial charge in [0.1, 0.15) is 17.6 Å². The molecule has 1 aliphatic carbocycles. The molecule has 28 heavy (non-hydrogen) atoms. The third-order valence-corrected chi connectivity index (χ3v) is 5.68. The molecule has 2 aromatic rings. The minimum Gasteiger partial charge on any atom is -0.360 e. The van der Waals surface area contributed by atoms with Crippen LogP contribution in [-0.4, -0.2) is 21.5 Å². The first-order valence-electron chi connectivity index (χ1n) is 8.65. The second kappa shape index (κ2) is 6.36. The molecule has 2 fully saturated rings. The summed E-state index contributed by atoms with van der Waals surface area (Å²) >= 11 is 5.59. The van der Waals surface area contributed by atoms with Crippen molar-refractivity contribution in [1.29, 1.82) is 5.26 Å². The van der Waals surface area contributed by atoms with E-state index in [1.165, 1.54) is 23.2 Å². The van der Waals surface area contributed by atoms with Gasteiger partial charge in [-0.05, 0) is 68.2 Å². The Kier molecular flexibility index (Phi) is 4.10. The van der Waals surface area contributed by atoms with Crippen molar-refractivity contribution in [2.45, 2.75) is 31.7 Å². The molecule has 1 saturated heterocycles. The second-order valence-corrected chi connectivity index (χ2v) is 7.23. The summed E-state index contributed by atoms with van der Waals surface area (Å²) < 4.78 is 14.8. The van der Waals surface area contributed by atoms with Crippen LogP contribution >= 0.6 is 12.2 Å². The summed E-state index contributed by atoms with van der Waals surface area (Å²) in [7, 11) is 0. The average molecular weight is 391 g/mol. The van der Waals surface area contributed by atoms with Gasteiger partial charge in [0.05, 0.1) is 23.0 Å². The van der Waals surface area contributed by atoms with Gasteiger partial charge in [0.2, 0.25) is 0 Å². The minimum atomic E-state index is -0.918. The Balaban J connectivity index is 1.82. The van der Waals surface area contributed by atoms with Gasteiger partial charge in [0.15, 0.2) is 5.11 Å². The van der Waals surface area contributed by atoms with E-state index in [4.69, 9.17) is 24.1 Å². The lowest BCUT2D eigenvalue weighted by Gasteiger charge is -2.43. The van der Waals surface area contributed by atoms with Crippen molar-refractivity contribution in [2.75, 3.05) is 9.80 Å². The highest BCUT2D eigenvalue weighted by Crippen LogP contribution is 2.48. The van der Waals surface area contributed by atoms with Gasteiger partial charge in [0, 0.05) is 0 Å². The van der Waals surface area contributed by atoms with Crippen LogP contribution in [-0.2, 0) is 4.79 Å². The highest BCUT2D eigenvalue weighted by molar-refractivity contribution is 7.81. The Bertz CT molecular complexity index is 1110. The van der Waals surface area contributed by atoms with Crippen molar-refractivity contribution in [3.8, 4) is 6.07 Å². The fraction of sp³-hybridized carbons (Fsp3) is 0.250. The predicted octanol–water partition coefficient (Wildman–Crippen LogP) is 4.01. The van der Waals surface area contributed by atoms with Crippen LogP contribution in [0.1, 0.15) is 30.4 Å². The van der Waals surface area contributed by atoms with Gasteiger partial charge >= 0.3 is 0 Å². The van der Waals surface area contributed by atoms with Crippen LogP contribution in [0.4, 0.5) is 21.6 Å². The Hall–Kier alpha value is -3.36. The third kappa shape index (κ3) is 2.39. The van der Waals surface area contributed by atoms with Crippen LogP contribution in [0.15, 0.2) is 30.5 Å². The molecule has 2 aliphatic rings. The minimum absolute atomic E-state index is 0.171. The second-order valence-electron chi connectivity index (χ2n) is 6.87. The Labute approximate surface area is 166 Å². The van der Waals surface area contributed by atoms with Crippen LogP contribution in [0, 0.1) is 30.6 Å². The summed E-state index contributed by atoms with van der Waals surface area (Å²) in [6.45, 7) is 8.87. The van der Waals surface area contributed by atoms with Crippen molar-refractivity contribution in [3.63, 3.8) is 0 Å². The van der Waals surface area contributed by atoms with E-state index in [1.807, 2.05) is 6.07 Å². The molecule has 0 atom stereocenters. The van der Waals surface area contributed by atoms with Crippen molar-refractivity contribution < 1.29 is 9.18 Å². The first kappa shape index (κ1) is 18.0. The number of thiocarbonyl (C=S) groups is 1. The molecule has 6 nitrogen and oxygen atoms in total. The number of aromatic nitrogens is 1. The normalized spacial score (nSPS) is 17.4. The summed E-state index contributed by atoms with van der Waals surface area (Å²) in [5.41, 5.74) is 0.559. The SMILES string of the molecule is [C-]#[N+]c1ncc(N2C(=O)C3(CCC3)N(c3ccc(C#N)cc3F)C2=S)cc1C. The molecule has 1 aromatic carbocycles. The van der Waals surface area contributed by atoms with E-state index in [1.54, 1.807) is 17.9 Å². The number of hydrogen-bond donors (Lipinski definition) is 0. The Morgan fingerprint density at radius 2 is 2.14 bits per heavy atom. The van der Waals surface area contributed by atoms with Crippen LogP contribution in [0.3, 0.4) is 0 Å². The lowest BCUT2D eigenvalue weighted by Crippen LogP contribution is -2.55. The van der Waals surface area contributed by atoms with E-state index >= 15 is 0 Å². The summed E-state index contributed by atoms with van der Waals surface area (Å²) in [4.78, 5) is 23.7. The van der Waals surface area contributed by atoms with Gasteiger partial charge in [-0.2, -0.15) is 5.26 Å². The third-order valence-electron chi connectivity index (χ3n) is 5.31. The molecular weight excluding hydrogens is 377 g/mol. The number of carbonyl (C=O) groups is 1. The monoisotopic (exact) mass is 391 g/mol. The van der Waals surface area contributed by atoms with Crippen LogP contribution in [0.5, 0.6) is 0 Å². The maximum Gasteiger partial charge on any atom is 0.272 e. The van der Waals surface area contributed by atoms with Crippen LogP contribution in [0.2, 0.25) is 0 Å². The largest absolute Gasteiger partial charge is 0.360 e. The highest BCUT2D eigenvalue weighted by Gasteiger charge is 2.60. The number of carbonyl (C=O) groups excluding carboxylic acids is 1. The van der Waals surface area contributed by atoms with E-state index < -0.39 is 11.4 Å². The topological polar surface area (TPSA) is 64.6 Å². The molecule has 1 aromatic heterocycles. The number of hydrogen-bond acceptors (Lipinski definition) is 4. The van der Waals surface area contributed by atoms with Gasteiger partial charge in [-0.25, -0.2) is 4.39 Å². The number of anilines is 2. The van der Waals surface area contributed by atoms with Gasteiger partial charge in [0.25, 0.3) is 11.7 Å². The lowest BCUT2D eigenvalue weighted by atomic mass is 9.75. The molecule has 1 saturated carbocycles. The number of benzene rings is 1. The predicted molar refractivity (Wildman–Crippen MR) is 105 cm³/mol. The summed E-state index contributed by atoms with van der Waals surface area (Å²) in [5.74, 6) is -0.557. The number of pyridine rings is 1. The molecule has 0 bridgehead atoms. The van der Waals surface area contributed by atoms with Gasteiger partial charge < -0.3 is 9.74 Å². The van der Waals surface area contributed by atoms with Crippen molar-refractivity contribution in [2.24, 2.45) is 0 Å². The first-order chi connectivity index (χ1) is 13.4. The van der Waals surface area contributed by atoms with E-state index in [0.717, 1.165) is 12.5 Å². The zero-order chi connectivity index (χ0) is 20.1. The maximum absolute atomic E-state index is 14.8. The smallest absolute Gasteiger partial charge is 0.272 e. The van der Waals surface area contributed by atoms with Crippen molar-refractivity contribution in [3.05, 3.63) is 58.8 Å². The van der Waals surface area contributed by atoms with Gasteiger partial charge in [-0.1, -0.05) is 6.57 Å². The Morgan fingerprint density at radius 3 is 2.68 bits per heavy atom. The number of nitriles is 1. The van der Waals surface area contributed by atoms with Crippen LogP contribution < -0.4 is 9.80 Å². The Morgan fingerprint density at radius 1 is 1.39 bits per heavy atom. The average Bonchev–Trinajstić information content (AvgIpc) is 2.88. The van der Waals surface area contributed by atoms with E-state index in [2.05, 4.69) is 9.83 Å². The fourth-order valence-electron chi connectivity index (χ4n) is 3.73. The highest BCUT2D eigenvalue weighted by atomic mass is 32.1. The number of rotatable bonds is 2. The zero-order valence-corrected chi connectivity index (χ0v) is 15.8. The lowest BCUT2D eigenvalue weighted by molar-refractivity contribution is -0.123. The number of nitrogens with zero attached hydrogens (tertiary/aromatic N) is 5. The molecule has 1 spiro atoms. The fourth-order valence-corrected chi connectivity index (χ4v) is 4.20. The maximum atomic E-state index is 14.8. The zero-order valence-electron chi connectivity index (χ0n) is 14.9. The van der Waals surface area contributed by atoms with E-state index in [0.29, 0.717) is 24.1 Å². The molecule has 4 rings (SSSR count). The van der Waals surface area contributed by atoms with E-state index in [9.17, 15) is 9.18 Å². The van der Waals surface area contributed by atoms with Gasteiger partial charge in [-0.3, -0.25) is 9.69 Å². The standard InChI is InChI=1S/C20H14FN5OS/c1-12-8-14(11-24-17(12)23-2)25-18(27)20(6-3-7-20)26(19(25)28)16-5-4-13(10-22)9-15(16)21/h4-5,8-9,11H,3,6-7H2,1H3.